The molecule has 1 N–H and O–H groups in total. The summed E-state index contributed by atoms with van der Waals surface area (Å²) in [6.45, 7) is 11.2. The Morgan fingerprint density at radius 1 is 1.38 bits per heavy atom. The number of likely N-dealkylation sites (tertiary alicyclic amines) is 1. The van der Waals surface area contributed by atoms with Gasteiger partial charge in [-0.15, -0.1) is 0 Å². The zero-order chi connectivity index (χ0) is 12.2. The van der Waals surface area contributed by atoms with Gasteiger partial charge in [0.05, 0.1) is 0 Å². The van der Waals surface area contributed by atoms with E-state index < -0.39 is 0 Å². The van der Waals surface area contributed by atoms with Crippen LogP contribution in [0.4, 0.5) is 4.79 Å². The quantitative estimate of drug-likeness (QED) is 0.786. The number of carbonyl (C=O) groups is 1. The van der Waals surface area contributed by atoms with Crippen molar-refractivity contribution >= 4 is 6.09 Å². The first-order chi connectivity index (χ1) is 7.43. The summed E-state index contributed by atoms with van der Waals surface area (Å²) in [5, 5.41) is 2.66. The van der Waals surface area contributed by atoms with Crippen LogP contribution in [0.25, 0.3) is 0 Å². The summed E-state index contributed by atoms with van der Waals surface area (Å²) in [6, 6.07) is 0. The van der Waals surface area contributed by atoms with Crippen molar-refractivity contribution in [2.75, 3.05) is 19.6 Å². The van der Waals surface area contributed by atoms with E-state index in [0.29, 0.717) is 6.54 Å². The van der Waals surface area contributed by atoms with Gasteiger partial charge in [0.25, 0.3) is 0 Å². The van der Waals surface area contributed by atoms with Gasteiger partial charge in [0, 0.05) is 25.2 Å². The molecule has 94 valence electrons. The number of nitrogens with one attached hydrogen (secondary N) is 1. The molecule has 1 rings (SSSR count). The number of hydrogen-bond donors (Lipinski definition) is 1. The third kappa shape index (κ3) is 4.00. The third-order valence-electron chi connectivity index (χ3n) is 2.99. The van der Waals surface area contributed by atoms with E-state index >= 15 is 0 Å². The number of nitrogens with zero attached hydrogens (tertiary/aromatic N) is 1. The molecular weight excluding hydrogens is 204 g/mol. The summed E-state index contributed by atoms with van der Waals surface area (Å²) in [6.07, 6.45) is 1.69. The molecule has 0 saturated carbocycles. The molecule has 4 heteroatoms. The Morgan fingerprint density at radius 2 is 1.94 bits per heavy atom. The summed E-state index contributed by atoms with van der Waals surface area (Å²) < 4.78 is 5.32. The Labute approximate surface area is 98.3 Å². The molecule has 0 aromatic heterocycles. The molecule has 0 aromatic rings. The molecule has 0 bridgehead atoms. The van der Waals surface area contributed by atoms with E-state index in [-0.39, 0.29) is 17.7 Å². The van der Waals surface area contributed by atoms with Crippen molar-refractivity contribution in [1.82, 2.24) is 10.2 Å². The standard InChI is InChI=1S/C12H24N2O2/c1-5-13-11(15)16-10-6-8-14(9-7-10)12(2,3)4/h10H,5-9H2,1-4H3,(H,13,15). The normalized spacial score (nSPS) is 19.5. The lowest BCUT2D eigenvalue weighted by molar-refractivity contribution is 0.0224. The Morgan fingerprint density at radius 3 is 2.38 bits per heavy atom. The molecule has 0 atom stereocenters. The molecule has 1 aliphatic heterocycles. The minimum Gasteiger partial charge on any atom is -0.446 e. The van der Waals surface area contributed by atoms with E-state index in [9.17, 15) is 4.79 Å². The highest BCUT2D eigenvalue weighted by Gasteiger charge is 2.28. The summed E-state index contributed by atoms with van der Waals surface area (Å²) in [5.74, 6) is 0. The van der Waals surface area contributed by atoms with Crippen molar-refractivity contribution in [1.29, 1.82) is 0 Å². The van der Waals surface area contributed by atoms with Gasteiger partial charge in [0.15, 0.2) is 0 Å². The highest BCUT2D eigenvalue weighted by molar-refractivity contribution is 5.67. The molecule has 0 aliphatic carbocycles. The predicted octanol–water partition coefficient (Wildman–Crippen LogP) is 2.00. The van der Waals surface area contributed by atoms with Crippen LogP contribution in [0.1, 0.15) is 40.5 Å². The van der Waals surface area contributed by atoms with Gasteiger partial charge in [-0.05, 0) is 40.5 Å². The fourth-order valence-corrected chi connectivity index (χ4v) is 1.98. The SMILES string of the molecule is CCNC(=O)OC1CCN(C(C)(C)C)CC1. The van der Waals surface area contributed by atoms with Gasteiger partial charge in [-0.1, -0.05) is 0 Å². The number of amides is 1. The molecule has 1 amide bonds. The van der Waals surface area contributed by atoms with Crippen LogP contribution < -0.4 is 5.32 Å². The maximum absolute atomic E-state index is 11.2. The van der Waals surface area contributed by atoms with Gasteiger partial charge in [0.1, 0.15) is 6.10 Å². The molecule has 1 saturated heterocycles. The molecule has 0 spiro atoms. The fraction of sp³-hybridized carbons (Fsp3) is 0.917. The van der Waals surface area contributed by atoms with Crippen LogP contribution in [0, 0.1) is 0 Å². The van der Waals surface area contributed by atoms with E-state index in [1.807, 2.05) is 6.92 Å². The zero-order valence-corrected chi connectivity index (χ0v) is 10.9. The molecule has 4 nitrogen and oxygen atoms in total. The van der Waals surface area contributed by atoms with E-state index in [2.05, 4.69) is 31.0 Å². The number of piperidine rings is 1. The maximum atomic E-state index is 11.2. The minimum atomic E-state index is -0.281. The van der Waals surface area contributed by atoms with Crippen molar-refractivity contribution < 1.29 is 9.53 Å². The van der Waals surface area contributed by atoms with E-state index in [0.717, 1.165) is 25.9 Å². The van der Waals surface area contributed by atoms with Gasteiger partial charge in [-0.25, -0.2) is 4.79 Å². The number of alkyl carbamates (subject to hydrolysis) is 1. The first kappa shape index (κ1) is 13.3. The van der Waals surface area contributed by atoms with Crippen LogP contribution in [0.5, 0.6) is 0 Å². The average Bonchev–Trinajstić information content (AvgIpc) is 2.17. The Hall–Kier alpha value is -0.770. The van der Waals surface area contributed by atoms with Gasteiger partial charge < -0.3 is 10.1 Å². The summed E-state index contributed by atoms with van der Waals surface area (Å²) in [5.41, 5.74) is 0.219. The number of ether oxygens (including phenoxy) is 1. The lowest BCUT2D eigenvalue weighted by atomic mass is 9.99. The van der Waals surface area contributed by atoms with Crippen LogP contribution in [-0.2, 0) is 4.74 Å². The van der Waals surface area contributed by atoms with Crippen molar-refractivity contribution in [3.05, 3.63) is 0 Å². The van der Waals surface area contributed by atoms with Gasteiger partial charge in [0.2, 0.25) is 0 Å². The highest BCUT2D eigenvalue weighted by atomic mass is 16.6. The monoisotopic (exact) mass is 228 g/mol. The lowest BCUT2D eigenvalue weighted by Gasteiger charge is -2.40. The van der Waals surface area contributed by atoms with Crippen molar-refractivity contribution in [2.45, 2.75) is 52.2 Å². The van der Waals surface area contributed by atoms with Crippen LogP contribution in [0.2, 0.25) is 0 Å². The smallest absolute Gasteiger partial charge is 0.407 e. The first-order valence-electron chi connectivity index (χ1n) is 6.13. The second kappa shape index (κ2) is 5.53. The second-order valence-corrected chi connectivity index (χ2v) is 5.29. The molecule has 0 radical (unpaired) electrons. The highest BCUT2D eigenvalue weighted by Crippen LogP contribution is 2.21. The number of rotatable bonds is 2. The van der Waals surface area contributed by atoms with Gasteiger partial charge in [-0.3, -0.25) is 4.90 Å². The van der Waals surface area contributed by atoms with Crippen molar-refractivity contribution in [2.24, 2.45) is 0 Å². The van der Waals surface area contributed by atoms with E-state index in [4.69, 9.17) is 4.74 Å². The number of hydrogen-bond acceptors (Lipinski definition) is 3. The molecule has 1 fully saturated rings. The first-order valence-corrected chi connectivity index (χ1v) is 6.13. The summed E-state index contributed by atoms with van der Waals surface area (Å²) in [7, 11) is 0. The molecule has 0 unspecified atom stereocenters. The molecular formula is C12H24N2O2. The Kier molecular flexibility index (Phi) is 4.59. The number of carbonyl (C=O) groups excluding carboxylic acids is 1. The van der Waals surface area contributed by atoms with Crippen LogP contribution in [0.3, 0.4) is 0 Å². The largest absolute Gasteiger partial charge is 0.446 e. The average molecular weight is 228 g/mol. The van der Waals surface area contributed by atoms with Gasteiger partial charge in [-0.2, -0.15) is 0 Å². The topological polar surface area (TPSA) is 41.6 Å². The molecule has 16 heavy (non-hydrogen) atoms. The second-order valence-electron chi connectivity index (χ2n) is 5.29. The van der Waals surface area contributed by atoms with E-state index in [1.54, 1.807) is 0 Å². The summed E-state index contributed by atoms with van der Waals surface area (Å²) in [4.78, 5) is 13.7. The summed E-state index contributed by atoms with van der Waals surface area (Å²) >= 11 is 0. The van der Waals surface area contributed by atoms with Crippen molar-refractivity contribution in [3.63, 3.8) is 0 Å². The van der Waals surface area contributed by atoms with Crippen molar-refractivity contribution in [3.8, 4) is 0 Å². The van der Waals surface area contributed by atoms with Crippen LogP contribution >= 0.6 is 0 Å². The zero-order valence-electron chi connectivity index (χ0n) is 10.9. The maximum Gasteiger partial charge on any atom is 0.407 e. The molecule has 1 aliphatic rings. The molecule has 1 heterocycles. The predicted molar refractivity (Wildman–Crippen MR) is 64.5 cm³/mol. The Balaban J connectivity index is 2.30. The van der Waals surface area contributed by atoms with E-state index in [1.165, 1.54) is 0 Å². The molecule has 0 aromatic carbocycles. The Bertz CT molecular complexity index is 228. The lowest BCUT2D eigenvalue weighted by Crippen LogP contribution is -2.48. The third-order valence-corrected chi connectivity index (χ3v) is 2.99. The van der Waals surface area contributed by atoms with Crippen LogP contribution in [-0.4, -0.2) is 42.3 Å². The van der Waals surface area contributed by atoms with Gasteiger partial charge >= 0.3 is 6.09 Å². The van der Waals surface area contributed by atoms with Crippen LogP contribution in [0.15, 0.2) is 0 Å². The fourth-order valence-electron chi connectivity index (χ4n) is 1.98. The minimum absolute atomic E-state index is 0.0881.